The van der Waals surface area contributed by atoms with Crippen LogP contribution in [0.4, 0.5) is 5.69 Å². The molecule has 0 saturated carbocycles. The van der Waals surface area contributed by atoms with E-state index in [1.54, 1.807) is 30.6 Å². The van der Waals surface area contributed by atoms with E-state index in [4.69, 9.17) is 0 Å². The zero-order chi connectivity index (χ0) is 20.7. The number of fused-ring (bicyclic) bond motifs is 2. The Balaban J connectivity index is 1.60. The highest BCUT2D eigenvalue weighted by atomic mass is 32.2. The summed E-state index contributed by atoms with van der Waals surface area (Å²) in [5, 5.41) is 1.05. The summed E-state index contributed by atoms with van der Waals surface area (Å²) in [6.45, 7) is 0. The van der Waals surface area contributed by atoms with Gasteiger partial charge < -0.3 is 0 Å². The average molecular weight is 415 g/mol. The number of anilines is 1. The summed E-state index contributed by atoms with van der Waals surface area (Å²) in [5.74, 6) is 0. The van der Waals surface area contributed by atoms with E-state index in [1.807, 2.05) is 47.1 Å². The van der Waals surface area contributed by atoms with Crippen LogP contribution in [0.5, 0.6) is 0 Å². The van der Waals surface area contributed by atoms with E-state index in [0.717, 1.165) is 39.6 Å². The highest BCUT2D eigenvalue weighted by molar-refractivity contribution is 7.92. The summed E-state index contributed by atoms with van der Waals surface area (Å²) in [6, 6.07) is 17.2. The minimum Gasteiger partial charge on any atom is -0.296 e. The molecule has 0 fully saturated rings. The number of hydrogen-bond acceptors (Lipinski definition) is 5. The van der Waals surface area contributed by atoms with Crippen molar-refractivity contribution in [2.75, 3.05) is 11.0 Å². The molecular formula is C22H17N5O2S. The Hall–Kier alpha value is -3.78. The number of aromatic nitrogens is 4. The molecule has 0 aliphatic rings. The van der Waals surface area contributed by atoms with E-state index in [-0.39, 0.29) is 0 Å². The topological polar surface area (TPSA) is 89.2 Å². The van der Waals surface area contributed by atoms with Crippen molar-refractivity contribution < 1.29 is 8.42 Å². The standard InChI is InChI=1S/C22H17N5O2S/c1-30(28,29)26-18-6-2-4-16(11-18)20-14-27-21(12-25-22(27)13-24-20)17-7-8-19-15(10-17)5-3-9-23-19/h2-14,26H,1H3. The van der Waals surface area contributed by atoms with Gasteiger partial charge in [0.25, 0.3) is 0 Å². The maximum atomic E-state index is 11.5. The first-order valence-corrected chi connectivity index (χ1v) is 11.1. The van der Waals surface area contributed by atoms with Crippen LogP contribution in [-0.2, 0) is 10.0 Å². The highest BCUT2D eigenvalue weighted by Crippen LogP contribution is 2.27. The van der Waals surface area contributed by atoms with Crippen LogP contribution < -0.4 is 4.72 Å². The third-order valence-electron chi connectivity index (χ3n) is 4.76. The Bertz CT molecular complexity index is 1510. The van der Waals surface area contributed by atoms with E-state index in [9.17, 15) is 8.42 Å². The van der Waals surface area contributed by atoms with Crippen molar-refractivity contribution in [3.05, 3.63) is 79.4 Å². The van der Waals surface area contributed by atoms with Crippen LogP contribution in [0.15, 0.2) is 79.4 Å². The number of nitrogens with zero attached hydrogens (tertiary/aromatic N) is 4. The minimum absolute atomic E-state index is 0.491. The van der Waals surface area contributed by atoms with Gasteiger partial charge in [-0.1, -0.05) is 24.3 Å². The van der Waals surface area contributed by atoms with E-state index in [2.05, 4.69) is 25.7 Å². The van der Waals surface area contributed by atoms with Crippen LogP contribution in [0.2, 0.25) is 0 Å². The first kappa shape index (κ1) is 18.3. The van der Waals surface area contributed by atoms with E-state index in [1.165, 1.54) is 0 Å². The van der Waals surface area contributed by atoms with E-state index in [0.29, 0.717) is 11.4 Å². The monoisotopic (exact) mass is 415 g/mol. The molecular weight excluding hydrogens is 398 g/mol. The van der Waals surface area contributed by atoms with Gasteiger partial charge in [-0.15, -0.1) is 0 Å². The van der Waals surface area contributed by atoms with Gasteiger partial charge in [0.2, 0.25) is 10.0 Å². The summed E-state index contributed by atoms with van der Waals surface area (Å²) in [7, 11) is -3.35. The SMILES string of the molecule is CS(=O)(=O)Nc1cccc(-c2cn3c(-c4ccc5ncccc5c4)cnc3cn2)c1. The quantitative estimate of drug-likeness (QED) is 0.480. The molecule has 2 aromatic carbocycles. The molecule has 0 bridgehead atoms. The number of pyridine rings is 1. The van der Waals surface area contributed by atoms with Gasteiger partial charge in [0.15, 0.2) is 5.65 Å². The Labute approximate surface area is 173 Å². The average Bonchev–Trinajstić information content (AvgIpc) is 3.15. The molecule has 0 radical (unpaired) electrons. The number of imidazole rings is 1. The van der Waals surface area contributed by atoms with Crippen molar-refractivity contribution in [1.82, 2.24) is 19.4 Å². The van der Waals surface area contributed by atoms with Gasteiger partial charge in [-0.05, 0) is 30.3 Å². The van der Waals surface area contributed by atoms with Crippen LogP contribution in [-0.4, -0.2) is 34.0 Å². The first-order chi connectivity index (χ1) is 14.5. The first-order valence-electron chi connectivity index (χ1n) is 9.23. The number of benzene rings is 2. The number of rotatable bonds is 4. The molecule has 3 aromatic heterocycles. The van der Waals surface area contributed by atoms with Crippen LogP contribution in [0.1, 0.15) is 0 Å². The molecule has 0 aliphatic heterocycles. The second-order valence-corrected chi connectivity index (χ2v) is 8.76. The zero-order valence-electron chi connectivity index (χ0n) is 16.0. The van der Waals surface area contributed by atoms with E-state index >= 15 is 0 Å². The number of nitrogens with one attached hydrogen (secondary N) is 1. The van der Waals surface area contributed by atoms with Gasteiger partial charge in [-0.25, -0.2) is 13.4 Å². The molecule has 0 saturated heterocycles. The molecule has 148 valence electrons. The van der Waals surface area contributed by atoms with Crippen LogP contribution in [0.25, 0.3) is 39.1 Å². The summed E-state index contributed by atoms with van der Waals surface area (Å²) in [5.41, 5.74) is 5.62. The van der Waals surface area contributed by atoms with Crippen molar-refractivity contribution in [3.63, 3.8) is 0 Å². The summed E-state index contributed by atoms with van der Waals surface area (Å²) < 4.78 is 27.6. The maximum absolute atomic E-state index is 11.5. The smallest absolute Gasteiger partial charge is 0.229 e. The fourth-order valence-electron chi connectivity index (χ4n) is 3.44. The largest absolute Gasteiger partial charge is 0.296 e. The molecule has 5 rings (SSSR count). The lowest BCUT2D eigenvalue weighted by atomic mass is 10.1. The number of sulfonamides is 1. The fraction of sp³-hybridized carbons (Fsp3) is 0.0455. The van der Waals surface area contributed by atoms with Gasteiger partial charge in [-0.3, -0.25) is 19.1 Å². The molecule has 5 aromatic rings. The summed E-state index contributed by atoms with van der Waals surface area (Å²) in [4.78, 5) is 13.3. The lowest BCUT2D eigenvalue weighted by Gasteiger charge is -2.08. The Morgan fingerprint density at radius 1 is 0.900 bits per heavy atom. The van der Waals surface area contributed by atoms with Gasteiger partial charge >= 0.3 is 0 Å². The lowest BCUT2D eigenvalue weighted by molar-refractivity contribution is 0.607. The normalized spacial score (nSPS) is 11.8. The van der Waals surface area contributed by atoms with Crippen molar-refractivity contribution in [2.24, 2.45) is 0 Å². The molecule has 0 atom stereocenters. The Morgan fingerprint density at radius 3 is 2.67 bits per heavy atom. The van der Waals surface area contributed by atoms with Gasteiger partial charge in [0.05, 0.1) is 35.6 Å². The molecule has 0 unspecified atom stereocenters. The fourth-order valence-corrected chi connectivity index (χ4v) is 4.00. The van der Waals surface area contributed by atoms with E-state index < -0.39 is 10.0 Å². The van der Waals surface area contributed by atoms with Gasteiger partial charge in [0.1, 0.15) is 0 Å². The van der Waals surface area contributed by atoms with Crippen molar-refractivity contribution in [2.45, 2.75) is 0 Å². The second-order valence-electron chi connectivity index (χ2n) is 7.01. The van der Waals surface area contributed by atoms with Crippen LogP contribution >= 0.6 is 0 Å². The molecule has 0 amide bonds. The molecule has 8 heteroatoms. The van der Waals surface area contributed by atoms with Crippen molar-refractivity contribution >= 4 is 32.3 Å². The number of hydrogen-bond donors (Lipinski definition) is 1. The lowest BCUT2D eigenvalue weighted by Crippen LogP contribution is -2.09. The molecule has 30 heavy (non-hydrogen) atoms. The minimum atomic E-state index is -3.35. The van der Waals surface area contributed by atoms with Crippen LogP contribution in [0.3, 0.4) is 0 Å². The zero-order valence-corrected chi connectivity index (χ0v) is 16.8. The predicted molar refractivity (Wildman–Crippen MR) is 118 cm³/mol. The second kappa shape index (κ2) is 6.93. The van der Waals surface area contributed by atoms with Crippen LogP contribution in [0, 0.1) is 0 Å². The Morgan fingerprint density at radius 2 is 1.80 bits per heavy atom. The summed E-state index contributed by atoms with van der Waals surface area (Å²) >= 11 is 0. The molecule has 3 heterocycles. The predicted octanol–water partition coefficient (Wildman–Crippen LogP) is 3.98. The maximum Gasteiger partial charge on any atom is 0.229 e. The molecule has 0 spiro atoms. The third kappa shape index (κ3) is 3.48. The third-order valence-corrected chi connectivity index (χ3v) is 5.36. The van der Waals surface area contributed by atoms with Crippen molar-refractivity contribution in [1.29, 1.82) is 0 Å². The molecule has 7 nitrogen and oxygen atoms in total. The highest BCUT2D eigenvalue weighted by Gasteiger charge is 2.10. The van der Waals surface area contributed by atoms with Crippen molar-refractivity contribution in [3.8, 4) is 22.5 Å². The molecule has 0 aliphatic carbocycles. The molecule has 1 N–H and O–H groups in total. The van der Waals surface area contributed by atoms with Gasteiger partial charge in [0, 0.05) is 34.6 Å². The van der Waals surface area contributed by atoms with Gasteiger partial charge in [-0.2, -0.15) is 0 Å². The summed E-state index contributed by atoms with van der Waals surface area (Å²) in [6.07, 6.45) is 8.34. The Kier molecular flexibility index (Phi) is 4.22.